The summed E-state index contributed by atoms with van der Waals surface area (Å²) in [6, 6.07) is 13.1. The third kappa shape index (κ3) is 4.53. The maximum atomic E-state index is 13.7. The Morgan fingerprint density at radius 2 is 1.82 bits per heavy atom. The molecule has 0 aliphatic carbocycles. The van der Waals surface area contributed by atoms with Crippen LogP contribution in [0.25, 0.3) is 0 Å². The average Bonchev–Trinajstić information content (AvgIpc) is 2.73. The van der Waals surface area contributed by atoms with Crippen molar-refractivity contribution in [1.82, 2.24) is 15.3 Å². The van der Waals surface area contributed by atoms with E-state index >= 15 is 0 Å². The van der Waals surface area contributed by atoms with E-state index < -0.39 is 5.91 Å². The highest BCUT2D eigenvalue weighted by Crippen LogP contribution is 2.30. The molecule has 0 fully saturated rings. The minimum absolute atomic E-state index is 0.0634. The van der Waals surface area contributed by atoms with E-state index in [0.717, 1.165) is 0 Å². The van der Waals surface area contributed by atoms with E-state index in [4.69, 9.17) is 9.47 Å². The zero-order valence-corrected chi connectivity index (χ0v) is 15.4. The van der Waals surface area contributed by atoms with Gasteiger partial charge in [-0.2, -0.15) is 0 Å². The van der Waals surface area contributed by atoms with Gasteiger partial charge >= 0.3 is 0 Å². The molecule has 28 heavy (non-hydrogen) atoms. The molecule has 1 heterocycles. The van der Waals surface area contributed by atoms with Crippen LogP contribution in [0.4, 0.5) is 15.9 Å². The fraction of sp³-hybridized carbons (Fsp3) is 0.150. The van der Waals surface area contributed by atoms with Crippen molar-refractivity contribution in [2.24, 2.45) is 0 Å². The third-order valence-electron chi connectivity index (χ3n) is 3.95. The van der Waals surface area contributed by atoms with Crippen LogP contribution < -0.4 is 20.1 Å². The number of anilines is 2. The zero-order chi connectivity index (χ0) is 19.9. The van der Waals surface area contributed by atoms with Gasteiger partial charge < -0.3 is 20.1 Å². The van der Waals surface area contributed by atoms with Crippen LogP contribution in [-0.2, 0) is 6.54 Å². The molecule has 0 unspecified atom stereocenters. The first-order chi connectivity index (χ1) is 13.6. The number of carbonyl (C=O) groups excluding carboxylic acids is 1. The fourth-order valence-electron chi connectivity index (χ4n) is 2.52. The summed E-state index contributed by atoms with van der Waals surface area (Å²) >= 11 is 0. The Bertz CT molecular complexity index is 981. The molecule has 1 aromatic heterocycles. The number of halogens is 1. The molecule has 0 aliphatic heterocycles. The number of amides is 1. The van der Waals surface area contributed by atoms with Gasteiger partial charge in [0.25, 0.3) is 5.91 Å². The molecule has 2 N–H and O–H groups in total. The van der Waals surface area contributed by atoms with Crippen molar-refractivity contribution in [2.75, 3.05) is 19.5 Å². The van der Waals surface area contributed by atoms with Crippen molar-refractivity contribution in [3.63, 3.8) is 0 Å². The van der Waals surface area contributed by atoms with Gasteiger partial charge in [0.15, 0.2) is 11.5 Å². The minimum Gasteiger partial charge on any atom is -0.493 e. The van der Waals surface area contributed by atoms with Gasteiger partial charge in [0.05, 0.1) is 14.2 Å². The van der Waals surface area contributed by atoms with Crippen LogP contribution in [0, 0.1) is 5.82 Å². The monoisotopic (exact) mass is 382 g/mol. The standard InChI is InChI=1S/C20H19FN4O3/c1-27-17-8-7-14(9-18(17)28-2)25-19-10-16(23-12-24-19)20(26)22-11-13-5-3-4-6-15(13)21/h3-10,12H,11H2,1-2H3,(H,22,26)(H,23,24,25). The second kappa shape index (κ2) is 8.81. The molecule has 1 amide bonds. The second-order valence-corrected chi connectivity index (χ2v) is 5.76. The van der Waals surface area contributed by atoms with Crippen LogP contribution in [0.15, 0.2) is 54.9 Å². The number of methoxy groups -OCH3 is 2. The lowest BCUT2D eigenvalue weighted by Crippen LogP contribution is -2.24. The molecule has 144 valence electrons. The number of rotatable bonds is 7. The Balaban J connectivity index is 1.70. The number of nitrogens with zero attached hydrogens (tertiary/aromatic N) is 2. The van der Waals surface area contributed by atoms with E-state index in [2.05, 4.69) is 20.6 Å². The largest absolute Gasteiger partial charge is 0.493 e. The first-order valence-corrected chi connectivity index (χ1v) is 8.43. The number of hydrogen-bond donors (Lipinski definition) is 2. The van der Waals surface area contributed by atoms with E-state index in [1.165, 1.54) is 18.5 Å². The molecular weight excluding hydrogens is 363 g/mol. The molecule has 8 heteroatoms. The van der Waals surface area contributed by atoms with Crippen LogP contribution in [-0.4, -0.2) is 30.1 Å². The maximum absolute atomic E-state index is 13.7. The van der Waals surface area contributed by atoms with E-state index in [-0.39, 0.29) is 18.1 Å². The van der Waals surface area contributed by atoms with Crippen LogP contribution in [0.3, 0.4) is 0 Å². The molecule has 2 aromatic carbocycles. The smallest absolute Gasteiger partial charge is 0.270 e. The highest BCUT2D eigenvalue weighted by atomic mass is 19.1. The van der Waals surface area contributed by atoms with E-state index in [9.17, 15) is 9.18 Å². The van der Waals surface area contributed by atoms with Crippen molar-refractivity contribution >= 4 is 17.4 Å². The molecule has 0 saturated heterocycles. The van der Waals surface area contributed by atoms with Crippen molar-refractivity contribution in [3.8, 4) is 11.5 Å². The van der Waals surface area contributed by atoms with Crippen molar-refractivity contribution in [3.05, 3.63) is 71.9 Å². The first-order valence-electron chi connectivity index (χ1n) is 8.43. The first kappa shape index (κ1) is 19.1. The summed E-state index contributed by atoms with van der Waals surface area (Å²) < 4.78 is 24.1. The van der Waals surface area contributed by atoms with Gasteiger partial charge in [0.1, 0.15) is 23.7 Å². The van der Waals surface area contributed by atoms with Gasteiger partial charge in [-0.3, -0.25) is 4.79 Å². The third-order valence-corrected chi connectivity index (χ3v) is 3.95. The maximum Gasteiger partial charge on any atom is 0.270 e. The Morgan fingerprint density at radius 3 is 2.57 bits per heavy atom. The highest BCUT2D eigenvalue weighted by Gasteiger charge is 2.11. The molecule has 7 nitrogen and oxygen atoms in total. The van der Waals surface area contributed by atoms with Gasteiger partial charge in [0.2, 0.25) is 0 Å². The normalized spacial score (nSPS) is 10.2. The summed E-state index contributed by atoms with van der Waals surface area (Å²) in [4.78, 5) is 20.4. The molecule has 0 spiro atoms. The number of carbonyl (C=O) groups is 1. The number of aromatic nitrogens is 2. The van der Waals surface area contributed by atoms with Gasteiger partial charge in [0, 0.05) is 29.9 Å². The summed E-state index contributed by atoms with van der Waals surface area (Å²) in [6.07, 6.45) is 1.28. The summed E-state index contributed by atoms with van der Waals surface area (Å²) in [5, 5.41) is 5.73. The second-order valence-electron chi connectivity index (χ2n) is 5.76. The summed E-state index contributed by atoms with van der Waals surface area (Å²) in [7, 11) is 3.10. The quantitative estimate of drug-likeness (QED) is 0.652. The average molecular weight is 382 g/mol. The van der Waals surface area contributed by atoms with Gasteiger partial charge in [-0.05, 0) is 18.2 Å². The van der Waals surface area contributed by atoms with Crippen LogP contribution >= 0.6 is 0 Å². The lowest BCUT2D eigenvalue weighted by Gasteiger charge is -2.11. The number of nitrogens with one attached hydrogen (secondary N) is 2. The molecular formula is C20H19FN4O3. The molecule has 3 rings (SSSR count). The predicted molar refractivity (Wildman–Crippen MR) is 102 cm³/mol. The van der Waals surface area contributed by atoms with Crippen LogP contribution in [0.2, 0.25) is 0 Å². The SMILES string of the molecule is COc1ccc(Nc2cc(C(=O)NCc3ccccc3F)ncn2)cc1OC. The molecule has 3 aromatic rings. The number of benzene rings is 2. The molecule has 0 saturated carbocycles. The lowest BCUT2D eigenvalue weighted by molar-refractivity contribution is 0.0945. The summed E-state index contributed by atoms with van der Waals surface area (Å²) in [6.45, 7) is 0.0634. The van der Waals surface area contributed by atoms with Gasteiger partial charge in [-0.15, -0.1) is 0 Å². The predicted octanol–water partition coefficient (Wildman–Crippen LogP) is 3.31. The highest BCUT2D eigenvalue weighted by molar-refractivity contribution is 5.92. The number of hydrogen-bond acceptors (Lipinski definition) is 6. The molecule has 0 bridgehead atoms. The van der Waals surface area contributed by atoms with Crippen LogP contribution in [0.5, 0.6) is 11.5 Å². The Morgan fingerprint density at radius 1 is 1.04 bits per heavy atom. The Hall–Kier alpha value is -3.68. The molecule has 0 aliphatic rings. The topological polar surface area (TPSA) is 85.4 Å². The zero-order valence-electron chi connectivity index (χ0n) is 15.4. The lowest BCUT2D eigenvalue weighted by atomic mass is 10.2. The summed E-state index contributed by atoms with van der Waals surface area (Å²) in [5.41, 5.74) is 1.26. The Labute approximate surface area is 161 Å². The van der Waals surface area contributed by atoms with Gasteiger partial charge in [-0.1, -0.05) is 18.2 Å². The Kier molecular flexibility index (Phi) is 6.01. The van der Waals surface area contributed by atoms with Gasteiger partial charge in [-0.25, -0.2) is 14.4 Å². The van der Waals surface area contributed by atoms with Crippen molar-refractivity contribution in [1.29, 1.82) is 0 Å². The fourth-order valence-corrected chi connectivity index (χ4v) is 2.52. The molecule has 0 atom stereocenters. The van der Waals surface area contributed by atoms with Crippen LogP contribution in [0.1, 0.15) is 16.1 Å². The van der Waals surface area contributed by atoms with Crippen molar-refractivity contribution < 1.29 is 18.7 Å². The number of ether oxygens (including phenoxy) is 2. The van der Waals surface area contributed by atoms with E-state index in [1.807, 2.05) is 0 Å². The minimum atomic E-state index is -0.430. The molecule has 0 radical (unpaired) electrons. The van der Waals surface area contributed by atoms with E-state index in [0.29, 0.717) is 28.6 Å². The van der Waals surface area contributed by atoms with Crippen molar-refractivity contribution in [2.45, 2.75) is 6.54 Å². The summed E-state index contributed by atoms with van der Waals surface area (Å²) in [5.74, 6) is 0.786. The van der Waals surface area contributed by atoms with E-state index in [1.54, 1.807) is 50.6 Å².